The van der Waals surface area contributed by atoms with Crippen LogP contribution in [-0.4, -0.2) is 0 Å². The van der Waals surface area contributed by atoms with Crippen LogP contribution in [0.15, 0.2) is 71.1 Å². The summed E-state index contributed by atoms with van der Waals surface area (Å²) in [7, 11) is 0. The van der Waals surface area contributed by atoms with Gasteiger partial charge in [0.25, 0.3) is 0 Å². The van der Waals surface area contributed by atoms with Gasteiger partial charge in [0.1, 0.15) is 0 Å². The summed E-state index contributed by atoms with van der Waals surface area (Å²) in [6, 6.07) is 0. The summed E-state index contributed by atoms with van der Waals surface area (Å²) >= 11 is 1.73. The molecule has 0 N–H and O–H groups in total. The van der Waals surface area contributed by atoms with E-state index in [1.165, 1.54) is 9.81 Å². The van der Waals surface area contributed by atoms with Crippen molar-refractivity contribution in [3.8, 4) is 0 Å². The van der Waals surface area contributed by atoms with Gasteiger partial charge in [0.15, 0.2) is 0 Å². The standard InChI is InChI=1S/C15H20S/c1-5-9-13-15(12-8-4)16-14(10-6-2)11-7-3/h5-13H,2H2,1,3-4H3/b9-5+,11-7-,12-8-,14-10+,15-13+. The normalized spacial score (nSPS) is 14.4. The third-order valence-electron chi connectivity index (χ3n) is 1.63. The van der Waals surface area contributed by atoms with Crippen molar-refractivity contribution in [2.75, 3.05) is 0 Å². The summed E-state index contributed by atoms with van der Waals surface area (Å²) in [6.07, 6.45) is 18.3. The molecular formula is C15H20S. The third kappa shape index (κ3) is 7.13. The highest BCUT2D eigenvalue weighted by Crippen LogP contribution is 2.27. The molecule has 0 heterocycles. The van der Waals surface area contributed by atoms with Crippen LogP contribution < -0.4 is 0 Å². The van der Waals surface area contributed by atoms with Gasteiger partial charge in [-0.05, 0) is 32.9 Å². The van der Waals surface area contributed by atoms with Gasteiger partial charge in [-0.25, -0.2) is 0 Å². The molecule has 0 aromatic heterocycles. The number of allylic oxidation sites excluding steroid dienone is 9. The Morgan fingerprint density at radius 2 is 1.44 bits per heavy atom. The van der Waals surface area contributed by atoms with Gasteiger partial charge in [-0.3, -0.25) is 0 Å². The van der Waals surface area contributed by atoms with Crippen molar-refractivity contribution in [2.45, 2.75) is 20.8 Å². The molecule has 16 heavy (non-hydrogen) atoms. The lowest BCUT2D eigenvalue weighted by molar-refractivity contribution is 1.68. The van der Waals surface area contributed by atoms with Gasteiger partial charge in [0.2, 0.25) is 0 Å². The zero-order valence-corrected chi connectivity index (χ0v) is 11.1. The van der Waals surface area contributed by atoms with E-state index >= 15 is 0 Å². The SMILES string of the molecule is C=C/C=C(\C=C/C)SC(/C=C\C)=C/C=C/C. The van der Waals surface area contributed by atoms with E-state index in [2.05, 4.69) is 24.8 Å². The Hall–Kier alpha value is -1.21. The molecule has 0 rings (SSSR count). The Labute approximate surface area is 104 Å². The molecular weight excluding hydrogens is 212 g/mol. The van der Waals surface area contributed by atoms with Gasteiger partial charge in [-0.15, -0.1) is 0 Å². The van der Waals surface area contributed by atoms with Gasteiger partial charge < -0.3 is 0 Å². The van der Waals surface area contributed by atoms with Crippen LogP contribution in [0.3, 0.4) is 0 Å². The Balaban J connectivity index is 4.84. The summed E-state index contributed by atoms with van der Waals surface area (Å²) in [5.41, 5.74) is 0. The molecule has 0 aromatic carbocycles. The first-order valence-corrected chi connectivity index (χ1v) is 6.19. The van der Waals surface area contributed by atoms with E-state index in [1.54, 1.807) is 11.8 Å². The molecule has 0 aromatic rings. The van der Waals surface area contributed by atoms with Gasteiger partial charge in [0.05, 0.1) is 0 Å². The summed E-state index contributed by atoms with van der Waals surface area (Å²) in [5.74, 6) is 0. The van der Waals surface area contributed by atoms with Crippen molar-refractivity contribution < 1.29 is 0 Å². The van der Waals surface area contributed by atoms with Crippen molar-refractivity contribution in [1.29, 1.82) is 0 Å². The van der Waals surface area contributed by atoms with E-state index in [0.29, 0.717) is 0 Å². The monoisotopic (exact) mass is 232 g/mol. The van der Waals surface area contributed by atoms with Crippen LogP contribution in [0.4, 0.5) is 0 Å². The van der Waals surface area contributed by atoms with Gasteiger partial charge in [-0.2, -0.15) is 0 Å². The van der Waals surface area contributed by atoms with Gasteiger partial charge in [-0.1, -0.05) is 60.9 Å². The topological polar surface area (TPSA) is 0 Å². The first kappa shape index (κ1) is 14.8. The fourth-order valence-electron chi connectivity index (χ4n) is 1.02. The number of rotatable bonds is 6. The average Bonchev–Trinajstić information content (AvgIpc) is 2.27. The molecule has 0 spiro atoms. The van der Waals surface area contributed by atoms with Crippen molar-refractivity contribution >= 4 is 11.8 Å². The van der Waals surface area contributed by atoms with Crippen LogP contribution in [0, 0.1) is 0 Å². The smallest absolute Gasteiger partial charge is 0.0118 e. The molecule has 0 fully saturated rings. The van der Waals surface area contributed by atoms with Crippen molar-refractivity contribution in [2.24, 2.45) is 0 Å². The average molecular weight is 232 g/mol. The molecule has 0 radical (unpaired) electrons. The highest BCUT2D eigenvalue weighted by atomic mass is 32.2. The molecule has 1 heteroatoms. The number of hydrogen-bond acceptors (Lipinski definition) is 1. The second-order valence-electron chi connectivity index (χ2n) is 3.00. The highest BCUT2D eigenvalue weighted by molar-refractivity contribution is 8.07. The van der Waals surface area contributed by atoms with Gasteiger partial charge >= 0.3 is 0 Å². The molecule has 0 aliphatic rings. The van der Waals surface area contributed by atoms with Crippen LogP contribution in [-0.2, 0) is 0 Å². The first-order chi connectivity index (χ1) is 7.78. The van der Waals surface area contributed by atoms with E-state index in [0.717, 1.165) is 0 Å². The molecule has 0 amide bonds. The molecule has 86 valence electrons. The minimum Gasteiger partial charge on any atom is -0.0990 e. The number of thioether (sulfide) groups is 1. The minimum atomic E-state index is 1.19. The fraction of sp³-hybridized carbons (Fsp3) is 0.200. The van der Waals surface area contributed by atoms with Crippen molar-refractivity contribution in [1.82, 2.24) is 0 Å². The van der Waals surface area contributed by atoms with E-state index in [-0.39, 0.29) is 0 Å². The van der Waals surface area contributed by atoms with Crippen LogP contribution in [0.5, 0.6) is 0 Å². The van der Waals surface area contributed by atoms with E-state index in [9.17, 15) is 0 Å². The quantitative estimate of drug-likeness (QED) is 0.552. The molecule has 0 saturated heterocycles. The Morgan fingerprint density at radius 3 is 1.88 bits per heavy atom. The summed E-state index contributed by atoms with van der Waals surface area (Å²) in [4.78, 5) is 2.40. The Morgan fingerprint density at radius 1 is 0.875 bits per heavy atom. The lowest BCUT2D eigenvalue weighted by atomic mass is 10.4. The molecule has 0 atom stereocenters. The third-order valence-corrected chi connectivity index (χ3v) is 2.65. The van der Waals surface area contributed by atoms with E-state index in [1.807, 2.05) is 57.2 Å². The summed E-state index contributed by atoms with van der Waals surface area (Å²) in [6.45, 7) is 9.78. The molecule has 0 unspecified atom stereocenters. The van der Waals surface area contributed by atoms with Gasteiger partial charge in [0, 0.05) is 9.81 Å². The molecule has 0 aliphatic carbocycles. The Kier molecular flexibility index (Phi) is 9.53. The van der Waals surface area contributed by atoms with Crippen LogP contribution in [0.2, 0.25) is 0 Å². The van der Waals surface area contributed by atoms with Crippen LogP contribution in [0.25, 0.3) is 0 Å². The zero-order chi connectivity index (χ0) is 12.2. The number of hydrogen-bond donors (Lipinski definition) is 0. The minimum absolute atomic E-state index is 1.19. The summed E-state index contributed by atoms with van der Waals surface area (Å²) < 4.78 is 0. The maximum Gasteiger partial charge on any atom is 0.0118 e. The second-order valence-corrected chi connectivity index (χ2v) is 4.15. The second kappa shape index (κ2) is 10.3. The van der Waals surface area contributed by atoms with E-state index in [4.69, 9.17) is 0 Å². The highest BCUT2D eigenvalue weighted by Gasteiger charge is 1.95. The summed E-state index contributed by atoms with van der Waals surface area (Å²) in [5, 5.41) is 0. The van der Waals surface area contributed by atoms with Crippen LogP contribution >= 0.6 is 11.8 Å². The fourth-order valence-corrected chi connectivity index (χ4v) is 2.01. The van der Waals surface area contributed by atoms with E-state index < -0.39 is 0 Å². The van der Waals surface area contributed by atoms with Crippen molar-refractivity contribution in [3.05, 3.63) is 71.1 Å². The molecule has 0 nitrogen and oxygen atoms in total. The molecule has 0 aliphatic heterocycles. The maximum absolute atomic E-state index is 3.72. The molecule has 0 bridgehead atoms. The van der Waals surface area contributed by atoms with Crippen LogP contribution in [0.1, 0.15) is 20.8 Å². The Bertz CT molecular complexity index is 338. The largest absolute Gasteiger partial charge is 0.0990 e. The predicted octanol–water partition coefficient (Wildman–Crippen LogP) is 5.40. The first-order valence-electron chi connectivity index (χ1n) is 5.37. The van der Waals surface area contributed by atoms with Crippen molar-refractivity contribution in [3.63, 3.8) is 0 Å². The predicted molar refractivity (Wildman–Crippen MR) is 78.4 cm³/mol. The zero-order valence-electron chi connectivity index (χ0n) is 10.3. The lowest BCUT2D eigenvalue weighted by Crippen LogP contribution is -1.74. The molecule has 0 saturated carbocycles. The lowest BCUT2D eigenvalue weighted by Gasteiger charge is -2.01. The maximum atomic E-state index is 3.72.